The Labute approximate surface area is 104 Å². The van der Waals surface area contributed by atoms with E-state index < -0.39 is 17.6 Å². The van der Waals surface area contributed by atoms with E-state index in [1.165, 1.54) is 0 Å². The summed E-state index contributed by atoms with van der Waals surface area (Å²) < 4.78 is 5.19. The third kappa shape index (κ3) is 6.29. The molecule has 0 heterocycles. The lowest BCUT2D eigenvalue weighted by molar-refractivity contribution is -0.158. The monoisotopic (exact) mass is 243 g/mol. The Bertz CT molecular complexity index is 264. The van der Waals surface area contributed by atoms with Crippen LogP contribution in [-0.4, -0.2) is 23.5 Å². The van der Waals surface area contributed by atoms with Gasteiger partial charge in [-0.3, -0.25) is 4.79 Å². The first-order valence-corrected chi connectivity index (χ1v) is 6.24. The highest BCUT2D eigenvalue weighted by Crippen LogP contribution is 2.10. The Hall–Kier alpha value is -1.06. The van der Waals surface area contributed by atoms with E-state index in [1.54, 1.807) is 27.7 Å². The number of rotatable bonds is 5. The number of carbonyl (C=O) groups excluding carboxylic acids is 2. The van der Waals surface area contributed by atoms with Gasteiger partial charge in [0.15, 0.2) is 0 Å². The van der Waals surface area contributed by atoms with E-state index in [1.807, 2.05) is 13.8 Å². The van der Waals surface area contributed by atoms with Gasteiger partial charge in [0.05, 0.1) is 0 Å². The van der Waals surface area contributed by atoms with Gasteiger partial charge in [-0.1, -0.05) is 13.8 Å². The molecule has 0 aromatic carbocycles. The SMILES string of the molecule is CCC(CC)C(=O)N[C@@H](C)C(=O)OC(C)(C)C. The fourth-order valence-electron chi connectivity index (χ4n) is 1.44. The van der Waals surface area contributed by atoms with Crippen LogP contribution in [0.1, 0.15) is 54.4 Å². The Morgan fingerprint density at radius 1 is 1.18 bits per heavy atom. The van der Waals surface area contributed by atoms with Gasteiger partial charge in [-0.05, 0) is 40.5 Å². The Kier molecular flexibility index (Phi) is 6.21. The minimum Gasteiger partial charge on any atom is -0.458 e. The molecule has 0 aliphatic heterocycles. The molecule has 17 heavy (non-hydrogen) atoms. The van der Waals surface area contributed by atoms with Crippen LogP contribution in [0.15, 0.2) is 0 Å². The highest BCUT2D eigenvalue weighted by molar-refractivity contribution is 5.85. The van der Waals surface area contributed by atoms with Crippen LogP contribution in [0.4, 0.5) is 0 Å². The van der Waals surface area contributed by atoms with Crippen LogP contribution in [0.3, 0.4) is 0 Å². The molecule has 0 unspecified atom stereocenters. The minimum absolute atomic E-state index is 0.0279. The molecule has 0 saturated heterocycles. The third-order valence-electron chi connectivity index (χ3n) is 2.48. The smallest absolute Gasteiger partial charge is 0.328 e. The van der Waals surface area contributed by atoms with Crippen LogP contribution in [0.2, 0.25) is 0 Å². The third-order valence-corrected chi connectivity index (χ3v) is 2.48. The van der Waals surface area contributed by atoms with Crippen LogP contribution in [0, 0.1) is 5.92 Å². The van der Waals surface area contributed by atoms with Crippen molar-refractivity contribution in [2.45, 2.75) is 66.0 Å². The van der Waals surface area contributed by atoms with Crippen molar-refractivity contribution in [3.8, 4) is 0 Å². The number of ether oxygens (including phenoxy) is 1. The van der Waals surface area contributed by atoms with Crippen LogP contribution in [0.5, 0.6) is 0 Å². The topological polar surface area (TPSA) is 55.4 Å². The maximum absolute atomic E-state index is 11.8. The van der Waals surface area contributed by atoms with Crippen molar-refractivity contribution in [1.82, 2.24) is 5.32 Å². The number of esters is 1. The second-order valence-electron chi connectivity index (χ2n) is 5.28. The number of hydrogen-bond donors (Lipinski definition) is 1. The van der Waals surface area contributed by atoms with E-state index in [0.29, 0.717) is 0 Å². The first-order chi connectivity index (χ1) is 7.71. The Balaban J connectivity index is 4.30. The van der Waals surface area contributed by atoms with Crippen molar-refractivity contribution in [3.05, 3.63) is 0 Å². The molecule has 0 aromatic heterocycles. The van der Waals surface area contributed by atoms with Crippen LogP contribution in [0.25, 0.3) is 0 Å². The van der Waals surface area contributed by atoms with Crippen molar-refractivity contribution in [2.75, 3.05) is 0 Å². The van der Waals surface area contributed by atoms with E-state index in [-0.39, 0.29) is 11.8 Å². The minimum atomic E-state index is -0.595. The summed E-state index contributed by atoms with van der Waals surface area (Å²) >= 11 is 0. The summed E-state index contributed by atoms with van der Waals surface area (Å²) in [4.78, 5) is 23.4. The van der Waals surface area contributed by atoms with Gasteiger partial charge in [0.25, 0.3) is 0 Å². The average Bonchev–Trinajstić information content (AvgIpc) is 2.16. The second-order valence-corrected chi connectivity index (χ2v) is 5.28. The first kappa shape index (κ1) is 15.9. The quantitative estimate of drug-likeness (QED) is 0.754. The van der Waals surface area contributed by atoms with Crippen molar-refractivity contribution in [3.63, 3.8) is 0 Å². The van der Waals surface area contributed by atoms with Gasteiger partial charge in [-0.2, -0.15) is 0 Å². The fraction of sp³-hybridized carbons (Fsp3) is 0.846. The average molecular weight is 243 g/mol. The molecule has 1 atom stereocenters. The number of nitrogens with one attached hydrogen (secondary N) is 1. The van der Waals surface area contributed by atoms with E-state index in [2.05, 4.69) is 5.32 Å². The maximum atomic E-state index is 11.8. The molecule has 100 valence electrons. The van der Waals surface area contributed by atoms with Gasteiger partial charge in [0.2, 0.25) is 5.91 Å². The second kappa shape index (κ2) is 6.62. The molecule has 0 bridgehead atoms. The molecule has 1 N–H and O–H groups in total. The lowest BCUT2D eigenvalue weighted by Gasteiger charge is -2.23. The molecule has 0 spiro atoms. The summed E-state index contributed by atoms with van der Waals surface area (Å²) in [5.41, 5.74) is -0.523. The highest BCUT2D eigenvalue weighted by atomic mass is 16.6. The van der Waals surface area contributed by atoms with Gasteiger partial charge in [0, 0.05) is 5.92 Å². The van der Waals surface area contributed by atoms with Crippen LogP contribution >= 0.6 is 0 Å². The van der Waals surface area contributed by atoms with Crippen LogP contribution in [-0.2, 0) is 14.3 Å². The predicted molar refractivity (Wildman–Crippen MR) is 67.5 cm³/mol. The zero-order valence-corrected chi connectivity index (χ0v) is 11.8. The molecule has 4 heteroatoms. The molecule has 0 aliphatic carbocycles. The molecular weight excluding hydrogens is 218 g/mol. The summed E-state index contributed by atoms with van der Waals surface area (Å²) in [6.45, 7) is 11.0. The standard InChI is InChI=1S/C13H25NO3/c1-7-10(8-2)11(15)14-9(3)12(16)17-13(4,5)6/h9-10H,7-8H2,1-6H3,(H,14,15)/t9-/m0/s1. The van der Waals surface area contributed by atoms with E-state index in [9.17, 15) is 9.59 Å². The number of hydrogen-bond acceptors (Lipinski definition) is 3. The van der Waals surface area contributed by atoms with E-state index >= 15 is 0 Å². The fourth-order valence-corrected chi connectivity index (χ4v) is 1.44. The Morgan fingerprint density at radius 2 is 1.65 bits per heavy atom. The zero-order valence-electron chi connectivity index (χ0n) is 11.8. The largest absolute Gasteiger partial charge is 0.458 e. The van der Waals surface area contributed by atoms with E-state index in [0.717, 1.165) is 12.8 Å². The van der Waals surface area contributed by atoms with Crippen molar-refractivity contribution >= 4 is 11.9 Å². The summed E-state index contributed by atoms with van der Waals surface area (Å²) in [6.07, 6.45) is 1.56. The normalized spacial score (nSPS) is 13.4. The van der Waals surface area contributed by atoms with Gasteiger partial charge in [-0.15, -0.1) is 0 Å². The highest BCUT2D eigenvalue weighted by Gasteiger charge is 2.24. The zero-order chi connectivity index (χ0) is 13.6. The van der Waals surface area contributed by atoms with Gasteiger partial charge < -0.3 is 10.1 Å². The van der Waals surface area contributed by atoms with Crippen LogP contribution < -0.4 is 5.32 Å². The van der Waals surface area contributed by atoms with Crippen molar-refractivity contribution in [1.29, 1.82) is 0 Å². The molecule has 0 aliphatic rings. The van der Waals surface area contributed by atoms with Crippen molar-refractivity contribution < 1.29 is 14.3 Å². The van der Waals surface area contributed by atoms with Gasteiger partial charge >= 0.3 is 5.97 Å². The summed E-state index contributed by atoms with van der Waals surface area (Å²) in [5, 5.41) is 2.69. The molecule has 0 fully saturated rings. The summed E-state index contributed by atoms with van der Waals surface area (Å²) in [7, 11) is 0. The molecule has 0 aromatic rings. The first-order valence-electron chi connectivity index (χ1n) is 6.24. The van der Waals surface area contributed by atoms with Gasteiger partial charge in [-0.25, -0.2) is 4.79 Å². The van der Waals surface area contributed by atoms with Gasteiger partial charge in [0.1, 0.15) is 11.6 Å². The number of amides is 1. The summed E-state index contributed by atoms with van der Waals surface area (Å²) in [5.74, 6) is -0.495. The predicted octanol–water partition coefficient (Wildman–Crippen LogP) is 2.27. The van der Waals surface area contributed by atoms with E-state index in [4.69, 9.17) is 4.74 Å². The Morgan fingerprint density at radius 3 is 2.00 bits per heavy atom. The maximum Gasteiger partial charge on any atom is 0.328 e. The molecule has 0 radical (unpaired) electrons. The molecule has 4 nitrogen and oxygen atoms in total. The molecular formula is C13H25NO3. The summed E-state index contributed by atoms with van der Waals surface area (Å²) in [6, 6.07) is -0.595. The molecule has 0 rings (SSSR count). The lowest BCUT2D eigenvalue weighted by Crippen LogP contribution is -2.44. The molecule has 1 amide bonds. The van der Waals surface area contributed by atoms with Crippen molar-refractivity contribution in [2.24, 2.45) is 5.92 Å². The number of carbonyl (C=O) groups is 2. The lowest BCUT2D eigenvalue weighted by atomic mass is 10.0. The molecule has 0 saturated carbocycles.